The van der Waals surface area contributed by atoms with Crippen molar-refractivity contribution < 1.29 is 14.3 Å². The summed E-state index contributed by atoms with van der Waals surface area (Å²) in [5, 5.41) is 0.203. The van der Waals surface area contributed by atoms with Gasteiger partial charge < -0.3 is 4.74 Å². The maximum Gasteiger partial charge on any atom is 0.367 e. The summed E-state index contributed by atoms with van der Waals surface area (Å²) in [5.74, 6) is -0.511. The molecule has 0 aromatic carbocycles. The molecule has 0 bridgehead atoms. The van der Waals surface area contributed by atoms with Gasteiger partial charge >= 0.3 is 5.97 Å². The van der Waals surface area contributed by atoms with Crippen LogP contribution in [-0.4, -0.2) is 24.3 Å². The van der Waals surface area contributed by atoms with E-state index >= 15 is 0 Å². The second kappa shape index (κ2) is 3.25. The monoisotopic (exact) mass is 171 g/mol. The van der Waals surface area contributed by atoms with Crippen LogP contribution < -0.4 is 0 Å². The fraction of sp³-hybridized carbons (Fsp3) is 0.167. The Bertz CT molecular complexity index is 281. The van der Waals surface area contributed by atoms with E-state index in [0.717, 1.165) is 11.3 Å². The first-order valence-electron chi connectivity index (χ1n) is 2.77. The lowest BCUT2D eigenvalue weighted by molar-refractivity contribution is 0.0600. The summed E-state index contributed by atoms with van der Waals surface area (Å²) in [4.78, 5) is 25.0. The third-order valence-corrected chi connectivity index (χ3v) is 1.90. The maximum atomic E-state index is 10.8. The van der Waals surface area contributed by atoms with E-state index in [-0.39, 0.29) is 5.01 Å². The molecule has 5 heteroatoms. The zero-order chi connectivity index (χ0) is 8.27. The van der Waals surface area contributed by atoms with Crippen molar-refractivity contribution in [1.29, 1.82) is 0 Å². The van der Waals surface area contributed by atoms with Crippen LogP contribution in [0.2, 0.25) is 0 Å². The van der Waals surface area contributed by atoms with Gasteiger partial charge in [-0.3, -0.25) is 4.79 Å². The van der Waals surface area contributed by atoms with Crippen molar-refractivity contribution in [2.75, 3.05) is 7.11 Å². The fourth-order valence-corrected chi connectivity index (χ4v) is 1.17. The van der Waals surface area contributed by atoms with Crippen LogP contribution in [0.3, 0.4) is 0 Å². The number of hydrogen-bond donors (Lipinski definition) is 0. The second-order valence-corrected chi connectivity index (χ2v) is 2.74. The molecule has 0 spiro atoms. The summed E-state index contributed by atoms with van der Waals surface area (Å²) in [6, 6.07) is 0. The average molecular weight is 171 g/mol. The molecule has 0 aliphatic rings. The second-order valence-electron chi connectivity index (χ2n) is 1.68. The molecule has 0 aliphatic heterocycles. The molecule has 1 aromatic rings. The predicted molar refractivity (Wildman–Crippen MR) is 38.8 cm³/mol. The van der Waals surface area contributed by atoms with Gasteiger partial charge in [0.05, 0.1) is 12.0 Å². The maximum absolute atomic E-state index is 10.8. The van der Waals surface area contributed by atoms with Gasteiger partial charge in [0.25, 0.3) is 0 Å². The molecule has 0 unspecified atom stereocenters. The molecular formula is C6H5NO3S. The Morgan fingerprint density at radius 1 is 1.82 bits per heavy atom. The van der Waals surface area contributed by atoms with E-state index < -0.39 is 5.97 Å². The first-order valence-corrected chi connectivity index (χ1v) is 3.59. The van der Waals surface area contributed by atoms with Gasteiger partial charge in [0.1, 0.15) is 0 Å². The normalized spacial score (nSPS) is 9.18. The molecule has 0 amide bonds. The van der Waals surface area contributed by atoms with Crippen LogP contribution in [-0.2, 0) is 4.74 Å². The lowest BCUT2D eigenvalue weighted by Crippen LogP contribution is -1.98. The summed E-state index contributed by atoms with van der Waals surface area (Å²) in [5.41, 5.74) is 0. The number of ether oxygens (including phenoxy) is 1. The van der Waals surface area contributed by atoms with Gasteiger partial charge in [-0.2, -0.15) is 0 Å². The predicted octanol–water partition coefficient (Wildman–Crippen LogP) is 0.742. The van der Waals surface area contributed by atoms with Gasteiger partial charge in [0.15, 0.2) is 6.29 Å². The highest BCUT2D eigenvalue weighted by molar-refractivity contribution is 7.15. The van der Waals surface area contributed by atoms with Crippen LogP contribution in [0.4, 0.5) is 0 Å². The number of esters is 1. The Morgan fingerprint density at radius 2 is 2.55 bits per heavy atom. The van der Waals surface area contributed by atoms with E-state index in [1.54, 1.807) is 0 Å². The highest BCUT2D eigenvalue weighted by atomic mass is 32.1. The molecule has 1 aromatic heterocycles. The number of aldehydes is 1. The molecule has 58 valence electrons. The van der Waals surface area contributed by atoms with Crippen LogP contribution in [0.25, 0.3) is 0 Å². The summed E-state index contributed by atoms with van der Waals surface area (Å²) < 4.78 is 4.39. The van der Waals surface area contributed by atoms with Gasteiger partial charge in [-0.15, -0.1) is 11.3 Å². The molecule has 11 heavy (non-hydrogen) atoms. The number of rotatable bonds is 2. The highest BCUT2D eigenvalue weighted by Crippen LogP contribution is 2.10. The smallest absolute Gasteiger partial charge is 0.367 e. The minimum absolute atomic E-state index is 0.203. The summed E-state index contributed by atoms with van der Waals surface area (Å²) in [7, 11) is 1.27. The first-order chi connectivity index (χ1) is 5.27. The van der Waals surface area contributed by atoms with Crippen molar-refractivity contribution in [3.05, 3.63) is 16.1 Å². The van der Waals surface area contributed by atoms with Gasteiger partial charge in [-0.25, -0.2) is 9.78 Å². The number of methoxy groups -OCH3 is 1. The van der Waals surface area contributed by atoms with E-state index in [2.05, 4.69) is 9.72 Å². The Balaban J connectivity index is 2.88. The largest absolute Gasteiger partial charge is 0.464 e. The molecule has 4 nitrogen and oxygen atoms in total. The Kier molecular flexibility index (Phi) is 2.32. The topological polar surface area (TPSA) is 56.3 Å². The van der Waals surface area contributed by atoms with Crippen LogP contribution in [0.1, 0.15) is 19.5 Å². The zero-order valence-corrected chi connectivity index (χ0v) is 6.55. The summed E-state index contributed by atoms with van der Waals surface area (Å²) in [6.45, 7) is 0. The minimum atomic E-state index is -0.511. The number of nitrogens with zero attached hydrogens (tertiary/aromatic N) is 1. The quantitative estimate of drug-likeness (QED) is 0.486. The molecule has 0 aliphatic carbocycles. The number of aromatic nitrogens is 1. The zero-order valence-electron chi connectivity index (χ0n) is 5.73. The van der Waals surface area contributed by atoms with Gasteiger partial charge in [0.2, 0.25) is 5.01 Å². The van der Waals surface area contributed by atoms with Gasteiger partial charge in [0, 0.05) is 6.20 Å². The standard InChI is InChI=1S/C6H5NO3S/c1-10-6(9)5-7-2-4(3-8)11-5/h2-3H,1H3. The molecule has 1 heterocycles. The minimum Gasteiger partial charge on any atom is -0.464 e. The molecule has 0 radical (unpaired) electrons. The van der Waals surface area contributed by atoms with Crippen LogP contribution in [0.5, 0.6) is 0 Å². The lowest BCUT2D eigenvalue weighted by atomic mass is 10.6. The molecule has 0 saturated carbocycles. The number of carbonyl (C=O) groups excluding carboxylic acids is 2. The van der Waals surface area contributed by atoms with Crippen LogP contribution >= 0.6 is 11.3 Å². The van der Waals surface area contributed by atoms with Crippen molar-refractivity contribution in [2.24, 2.45) is 0 Å². The average Bonchev–Trinajstić information content (AvgIpc) is 2.50. The first kappa shape index (κ1) is 7.87. The van der Waals surface area contributed by atoms with Crippen molar-refractivity contribution in [3.63, 3.8) is 0 Å². The Morgan fingerprint density at radius 3 is 3.00 bits per heavy atom. The van der Waals surface area contributed by atoms with Crippen LogP contribution in [0, 0.1) is 0 Å². The van der Waals surface area contributed by atoms with E-state index in [4.69, 9.17) is 0 Å². The van der Waals surface area contributed by atoms with E-state index in [1.165, 1.54) is 13.3 Å². The molecule has 0 fully saturated rings. The number of thiazole rings is 1. The third kappa shape index (κ3) is 1.62. The Hall–Kier alpha value is -1.23. The number of carbonyl (C=O) groups is 2. The fourth-order valence-electron chi connectivity index (χ4n) is 0.523. The van der Waals surface area contributed by atoms with Crippen molar-refractivity contribution in [1.82, 2.24) is 4.98 Å². The lowest BCUT2D eigenvalue weighted by Gasteiger charge is -1.89. The highest BCUT2D eigenvalue weighted by Gasteiger charge is 2.09. The molecule has 0 atom stereocenters. The molecule has 0 N–H and O–H groups in total. The molecule has 1 rings (SSSR count). The number of hydrogen-bond acceptors (Lipinski definition) is 5. The third-order valence-electron chi connectivity index (χ3n) is 1.000. The molecule has 0 saturated heterocycles. The summed E-state index contributed by atoms with van der Waals surface area (Å²) >= 11 is 1.01. The van der Waals surface area contributed by atoms with E-state index in [0.29, 0.717) is 11.2 Å². The van der Waals surface area contributed by atoms with E-state index in [9.17, 15) is 9.59 Å². The Labute approximate surface area is 66.8 Å². The molecular weight excluding hydrogens is 166 g/mol. The summed E-state index contributed by atoms with van der Waals surface area (Å²) in [6.07, 6.45) is 1.98. The van der Waals surface area contributed by atoms with Crippen LogP contribution in [0.15, 0.2) is 6.20 Å². The SMILES string of the molecule is COC(=O)c1ncc(C=O)s1. The van der Waals surface area contributed by atoms with E-state index in [1.807, 2.05) is 0 Å². The van der Waals surface area contributed by atoms with Crippen molar-refractivity contribution in [2.45, 2.75) is 0 Å². The van der Waals surface area contributed by atoms with Crippen molar-refractivity contribution >= 4 is 23.6 Å². The van der Waals surface area contributed by atoms with Crippen molar-refractivity contribution in [3.8, 4) is 0 Å². The van der Waals surface area contributed by atoms with Gasteiger partial charge in [-0.1, -0.05) is 0 Å². The van der Waals surface area contributed by atoms with Gasteiger partial charge in [-0.05, 0) is 0 Å².